The number of hydrogen-bond acceptors (Lipinski definition) is 6. The van der Waals surface area contributed by atoms with E-state index in [0.29, 0.717) is 22.7 Å². The Bertz CT molecular complexity index is 1040. The highest BCUT2D eigenvalue weighted by Gasteiger charge is 2.35. The lowest BCUT2D eigenvalue weighted by Gasteiger charge is -2.25. The predicted octanol–water partition coefficient (Wildman–Crippen LogP) is 2.60. The molecule has 0 bridgehead atoms. The van der Waals surface area contributed by atoms with E-state index >= 15 is 0 Å². The highest BCUT2D eigenvalue weighted by Crippen LogP contribution is 2.45. The highest BCUT2D eigenvalue weighted by atomic mass is 16.5. The standard InChI is InChI=1S/C17H10N2O4/c18-8-10-14(11-2-1-7-21-11)15-12(22-17(10)19)5-3-9-4-6-13(20)23-16(9)15/h1-7,14H,19H2. The summed E-state index contributed by atoms with van der Waals surface area (Å²) in [6.07, 6.45) is 1.51. The number of nitrogens with zero attached hydrogens (tertiary/aromatic N) is 1. The molecular weight excluding hydrogens is 296 g/mol. The average Bonchev–Trinajstić information content (AvgIpc) is 3.07. The molecule has 1 aliphatic rings. The lowest BCUT2D eigenvalue weighted by Crippen LogP contribution is -2.21. The van der Waals surface area contributed by atoms with Crippen molar-refractivity contribution in [3.63, 3.8) is 0 Å². The molecule has 2 N–H and O–H groups in total. The summed E-state index contributed by atoms with van der Waals surface area (Å²) in [5.41, 5.74) is 6.52. The molecule has 4 rings (SSSR count). The Kier molecular flexibility index (Phi) is 2.75. The summed E-state index contributed by atoms with van der Waals surface area (Å²) in [6, 6.07) is 12.0. The second-order valence-corrected chi connectivity index (χ2v) is 5.09. The van der Waals surface area contributed by atoms with Crippen LogP contribution in [-0.4, -0.2) is 0 Å². The van der Waals surface area contributed by atoms with E-state index in [0.717, 1.165) is 5.39 Å². The lowest BCUT2D eigenvalue weighted by molar-refractivity contribution is 0.382. The quantitative estimate of drug-likeness (QED) is 0.693. The van der Waals surface area contributed by atoms with Crippen molar-refractivity contribution in [2.75, 3.05) is 0 Å². The number of fused-ring (bicyclic) bond motifs is 3. The maximum atomic E-state index is 11.6. The third-order valence-corrected chi connectivity index (χ3v) is 3.80. The summed E-state index contributed by atoms with van der Waals surface area (Å²) in [6.45, 7) is 0. The zero-order valence-corrected chi connectivity index (χ0v) is 11.8. The van der Waals surface area contributed by atoms with Gasteiger partial charge in [-0.2, -0.15) is 5.26 Å². The maximum Gasteiger partial charge on any atom is 0.336 e. The van der Waals surface area contributed by atoms with Crippen molar-refractivity contribution in [1.29, 1.82) is 5.26 Å². The van der Waals surface area contributed by atoms with E-state index in [-0.39, 0.29) is 11.5 Å². The summed E-state index contributed by atoms with van der Waals surface area (Å²) in [4.78, 5) is 11.6. The number of allylic oxidation sites excluding steroid dienone is 1. The van der Waals surface area contributed by atoms with Gasteiger partial charge in [0.25, 0.3) is 0 Å². The van der Waals surface area contributed by atoms with E-state index in [1.807, 2.05) is 0 Å². The number of nitrogens with two attached hydrogens (primary N) is 1. The van der Waals surface area contributed by atoms with Gasteiger partial charge in [0.05, 0.1) is 17.7 Å². The average molecular weight is 306 g/mol. The Morgan fingerprint density at radius 2 is 2.00 bits per heavy atom. The van der Waals surface area contributed by atoms with Crippen LogP contribution in [0.15, 0.2) is 67.7 Å². The Hall–Kier alpha value is -3.46. The SMILES string of the molecule is N#CC1=C(N)Oc2ccc3ccc(=O)oc3c2C1c1ccco1. The minimum Gasteiger partial charge on any atom is -0.468 e. The molecule has 6 heteroatoms. The Balaban J connectivity index is 2.11. The number of benzene rings is 1. The molecule has 1 aromatic carbocycles. The van der Waals surface area contributed by atoms with Crippen LogP contribution in [0.1, 0.15) is 17.2 Å². The van der Waals surface area contributed by atoms with Gasteiger partial charge in [-0.05, 0) is 30.3 Å². The molecular formula is C17H10N2O4. The van der Waals surface area contributed by atoms with Gasteiger partial charge in [0, 0.05) is 11.5 Å². The Morgan fingerprint density at radius 3 is 2.74 bits per heavy atom. The minimum absolute atomic E-state index is 0.0130. The van der Waals surface area contributed by atoms with Crippen LogP contribution in [0.25, 0.3) is 11.0 Å². The fourth-order valence-electron chi connectivity index (χ4n) is 2.82. The molecule has 1 atom stereocenters. The van der Waals surface area contributed by atoms with Gasteiger partial charge < -0.3 is 19.3 Å². The lowest BCUT2D eigenvalue weighted by atomic mass is 9.86. The molecule has 0 aliphatic carbocycles. The van der Waals surface area contributed by atoms with Crippen LogP contribution in [-0.2, 0) is 0 Å². The molecule has 0 saturated heterocycles. The second-order valence-electron chi connectivity index (χ2n) is 5.09. The van der Waals surface area contributed by atoms with Gasteiger partial charge in [0.1, 0.15) is 28.7 Å². The van der Waals surface area contributed by atoms with Crippen LogP contribution in [0.3, 0.4) is 0 Å². The first-order valence-corrected chi connectivity index (χ1v) is 6.87. The molecule has 23 heavy (non-hydrogen) atoms. The van der Waals surface area contributed by atoms with Gasteiger partial charge in [-0.15, -0.1) is 0 Å². The van der Waals surface area contributed by atoms with Crippen molar-refractivity contribution < 1.29 is 13.6 Å². The summed E-state index contributed by atoms with van der Waals surface area (Å²) in [5.74, 6) is 0.379. The van der Waals surface area contributed by atoms with E-state index < -0.39 is 11.5 Å². The zero-order valence-electron chi connectivity index (χ0n) is 11.8. The van der Waals surface area contributed by atoms with E-state index in [1.165, 1.54) is 12.3 Å². The predicted molar refractivity (Wildman–Crippen MR) is 80.5 cm³/mol. The molecule has 3 aromatic rings. The van der Waals surface area contributed by atoms with Crippen molar-refractivity contribution in [3.05, 3.63) is 75.9 Å². The van der Waals surface area contributed by atoms with Gasteiger partial charge in [-0.1, -0.05) is 0 Å². The molecule has 0 spiro atoms. The first kappa shape index (κ1) is 13.2. The van der Waals surface area contributed by atoms with Crippen LogP contribution >= 0.6 is 0 Å². The van der Waals surface area contributed by atoms with Crippen LogP contribution in [0.2, 0.25) is 0 Å². The van der Waals surface area contributed by atoms with E-state index in [1.54, 1.807) is 30.3 Å². The van der Waals surface area contributed by atoms with Gasteiger partial charge >= 0.3 is 5.63 Å². The number of hydrogen-bond donors (Lipinski definition) is 1. The van der Waals surface area contributed by atoms with Crippen LogP contribution in [0.4, 0.5) is 0 Å². The van der Waals surface area contributed by atoms with Crippen LogP contribution < -0.4 is 16.1 Å². The summed E-state index contributed by atoms with van der Waals surface area (Å²) in [5, 5.41) is 10.2. The number of rotatable bonds is 1. The first-order chi connectivity index (χ1) is 11.2. The molecule has 0 saturated carbocycles. The number of nitriles is 1. The van der Waals surface area contributed by atoms with Gasteiger partial charge in [-0.25, -0.2) is 4.79 Å². The number of furan rings is 1. The van der Waals surface area contributed by atoms with Crippen molar-refractivity contribution in [1.82, 2.24) is 0 Å². The summed E-state index contributed by atoms with van der Waals surface area (Å²) in [7, 11) is 0. The van der Waals surface area contributed by atoms with E-state index in [9.17, 15) is 10.1 Å². The molecule has 1 unspecified atom stereocenters. The van der Waals surface area contributed by atoms with E-state index in [2.05, 4.69) is 6.07 Å². The van der Waals surface area contributed by atoms with Crippen molar-refractivity contribution >= 4 is 11.0 Å². The van der Waals surface area contributed by atoms with Crippen molar-refractivity contribution in [2.45, 2.75) is 5.92 Å². The van der Waals surface area contributed by atoms with Crippen LogP contribution in [0, 0.1) is 11.3 Å². The largest absolute Gasteiger partial charge is 0.468 e. The van der Waals surface area contributed by atoms with Crippen molar-refractivity contribution in [3.8, 4) is 11.8 Å². The first-order valence-electron chi connectivity index (χ1n) is 6.87. The fraction of sp³-hybridized carbons (Fsp3) is 0.0588. The normalized spacial score (nSPS) is 16.7. The molecule has 112 valence electrons. The minimum atomic E-state index is -0.590. The smallest absolute Gasteiger partial charge is 0.336 e. The molecule has 0 amide bonds. The topological polar surface area (TPSA) is 102 Å². The summed E-state index contributed by atoms with van der Waals surface area (Å²) < 4.78 is 16.4. The second kappa shape index (κ2) is 4.78. The van der Waals surface area contributed by atoms with E-state index in [4.69, 9.17) is 19.3 Å². The molecule has 0 fully saturated rings. The summed E-state index contributed by atoms with van der Waals surface area (Å²) >= 11 is 0. The highest BCUT2D eigenvalue weighted by molar-refractivity contribution is 5.84. The van der Waals surface area contributed by atoms with Gasteiger partial charge in [-0.3, -0.25) is 0 Å². The molecule has 1 aliphatic heterocycles. The molecule has 2 aromatic heterocycles. The molecule has 0 radical (unpaired) electrons. The van der Waals surface area contributed by atoms with Crippen molar-refractivity contribution in [2.24, 2.45) is 5.73 Å². The fourth-order valence-corrected chi connectivity index (χ4v) is 2.82. The van der Waals surface area contributed by atoms with Gasteiger partial charge in [0.2, 0.25) is 5.88 Å². The Labute approximate surface area is 130 Å². The third kappa shape index (κ3) is 1.91. The molecule has 3 heterocycles. The Morgan fingerprint density at radius 1 is 1.17 bits per heavy atom. The van der Waals surface area contributed by atoms with Gasteiger partial charge in [0.15, 0.2) is 0 Å². The number of ether oxygens (including phenoxy) is 1. The zero-order chi connectivity index (χ0) is 16.0. The maximum absolute atomic E-state index is 11.6. The van der Waals surface area contributed by atoms with Crippen LogP contribution in [0.5, 0.6) is 5.75 Å². The monoisotopic (exact) mass is 306 g/mol. The molecule has 6 nitrogen and oxygen atoms in total. The third-order valence-electron chi connectivity index (χ3n) is 3.80.